The molecule has 10 heteroatoms. The molecule has 0 aromatic rings. The van der Waals surface area contributed by atoms with Gasteiger partial charge in [0.1, 0.15) is 19.6 Å². The third-order valence-corrected chi connectivity index (χ3v) is 1.97. The van der Waals surface area contributed by atoms with Gasteiger partial charge in [0.15, 0.2) is 0 Å². The Kier molecular flexibility index (Phi) is 6.09. The van der Waals surface area contributed by atoms with Crippen molar-refractivity contribution < 1.29 is 32.7 Å². The molecule has 0 bridgehead atoms. The lowest BCUT2D eigenvalue weighted by Gasteiger charge is -2.28. The Hall–Kier alpha value is -2.00. The number of nitrogens with two attached hydrogens (primary N) is 1. The summed E-state index contributed by atoms with van der Waals surface area (Å²) >= 11 is 0. The number of carboxylic acid groups (broad SMARTS) is 1. The molecule has 0 heterocycles. The number of urea groups is 1. The summed E-state index contributed by atoms with van der Waals surface area (Å²) < 4.78 is 36.7. The molecule has 0 atom stereocenters. The van der Waals surface area contributed by atoms with Crippen molar-refractivity contribution in [2.45, 2.75) is 13.1 Å². The third kappa shape index (κ3) is 7.11. The van der Waals surface area contributed by atoms with E-state index < -0.39 is 43.7 Å². The molecule has 3 amide bonds. The van der Waals surface area contributed by atoms with Gasteiger partial charge in [0.25, 0.3) is 0 Å². The number of hydrogen-bond acceptors (Lipinski definition) is 3. The lowest BCUT2D eigenvalue weighted by atomic mass is 10.4. The van der Waals surface area contributed by atoms with E-state index in [2.05, 4.69) is 0 Å². The van der Waals surface area contributed by atoms with Gasteiger partial charge in [0.2, 0.25) is 5.91 Å². The smallest absolute Gasteiger partial charge is 0.406 e. The minimum absolute atomic E-state index is 0.284. The molecular formula is C9H14F3N3O4. The van der Waals surface area contributed by atoms with Crippen LogP contribution in [0.1, 0.15) is 6.92 Å². The van der Waals surface area contributed by atoms with Crippen molar-refractivity contribution in [1.82, 2.24) is 9.80 Å². The highest BCUT2D eigenvalue weighted by Crippen LogP contribution is 2.17. The molecule has 0 aromatic heterocycles. The van der Waals surface area contributed by atoms with Crippen molar-refractivity contribution in [3.05, 3.63) is 0 Å². The predicted molar refractivity (Wildman–Crippen MR) is 57.1 cm³/mol. The summed E-state index contributed by atoms with van der Waals surface area (Å²) in [5.74, 6) is -2.48. The topological polar surface area (TPSA) is 104 Å². The molecule has 0 rings (SSSR count). The number of nitrogens with zero attached hydrogens (tertiary/aromatic N) is 2. The lowest BCUT2D eigenvalue weighted by molar-refractivity contribution is -0.142. The van der Waals surface area contributed by atoms with Crippen LogP contribution in [0.2, 0.25) is 0 Å². The van der Waals surface area contributed by atoms with Gasteiger partial charge in [-0.25, -0.2) is 4.79 Å². The van der Waals surface area contributed by atoms with E-state index in [9.17, 15) is 27.6 Å². The summed E-state index contributed by atoms with van der Waals surface area (Å²) in [6, 6.07) is -1.21. The minimum Gasteiger partial charge on any atom is -0.480 e. The lowest BCUT2D eigenvalue weighted by Crippen LogP contribution is -2.50. The molecule has 3 N–H and O–H groups in total. The van der Waals surface area contributed by atoms with Crippen LogP contribution >= 0.6 is 0 Å². The molecule has 0 saturated heterocycles. The maximum atomic E-state index is 12.2. The number of alkyl halides is 3. The van der Waals surface area contributed by atoms with Gasteiger partial charge in [0.05, 0.1) is 0 Å². The fraction of sp³-hybridized carbons (Fsp3) is 0.667. The Morgan fingerprint density at radius 2 is 1.68 bits per heavy atom. The van der Waals surface area contributed by atoms with Crippen LogP contribution in [0.4, 0.5) is 18.0 Å². The van der Waals surface area contributed by atoms with Crippen molar-refractivity contribution in [3.8, 4) is 0 Å². The van der Waals surface area contributed by atoms with E-state index in [0.29, 0.717) is 9.80 Å². The van der Waals surface area contributed by atoms with Crippen molar-refractivity contribution in [2.24, 2.45) is 5.73 Å². The first-order valence-corrected chi connectivity index (χ1v) is 5.17. The van der Waals surface area contributed by atoms with Gasteiger partial charge in [-0.2, -0.15) is 13.2 Å². The summed E-state index contributed by atoms with van der Waals surface area (Å²) in [5.41, 5.74) is 4.81. The largest absolute Gasteiger partial charge is 0.480 e. The molecule has 0 aliphatic rings. The molecule has 0 aliphatic carbocycles. The molecule has 19 heavy (non-hydrogen) atoms. The number of rotatable bonds is 6. The van der Waals surface area contributed by atoms with E-state index in [-0.39, 0.29) is 6.54 Å². The summed E-state index contributed by atoms with van der Waals surface area (Å²) in [6.45, 7) is -2.19. The Balaban J connectivity index is 4.92. The molecular weight excluding hydrogens is 271 g/mol. The highest BCUT2D eigenvalue weighted by molar-refractivity contribution is 5.86. The molecule has 0 spiro atoms. The minimum atomic E-state index is -4.62. The molecule has 0 unspecified atom stereocenters. The normalized spacial score (nSPS) is 10.9. The summed E-state index contributed by atoms with van der Waals surface area (Å²) in [5, 5.41) is 8.55. The van der Waals surface area contributed by atoms with Crippen LogP contribution in [0.25, 0.3) is 0 Å². The van der Waals surface area contributed by atoms with Crippen molar-refractivity contribution in [3.63, 3.8) is 0 Å². The van der Waals surface area contributed by atoms with Crippen LogP contribution in [0.15, 0.2) is 0 Å². The number of halogens is 3. The number of carbonyl (C=O) groups excluding carboxylic acids is 2. The molecule has 0 aliphatic heterocycles. The Labute approximate surface area is 106 Å². The van der Waals surface area contributed by atoms with E-state index in [1.165, 1.54) is 6.92 Å². The first kappa shape index (κ1) is 17.0. The van der Waals surface area contributed by atoms with E-state index in [4.69, 9.17) is 10.8 Å². The maximum Gasteiger partial charge on any atom is 0.406 e. The Morgan fingerprint density at radius 1 is 1.16 bits per heavy atom. The molecule has 0 fully saturated rings. The number of hydrogen-bond donors (Lipinski definition) is 2. The van der Waals surface area contributed by atoms with Gasteiger partial charge in [0, 0.05) is 6.54 Å². The van der Waals surface area contributed by atoms with Crippen LogP contribution in [0.3, 0.4) is 0 Å². The molecule has 0 radical (unpaired) electrons. The monoisotopic (exact) mass is 285 g/mol. The van der Waals surface area contributed by atoms with Crippen LogP contribution in [0, 0.1) is 0 Å². The van der Waals surface area contributed by atoms with E-state index >= 15 is 0 Å². The summed E-state index contributed by atoms with van der Waals surface area (Å²) in [7, 11) is 0. The van der Waals surface area contributed by atoms with Crippen LogP contribution in [-0.2, 0) is 9.59 Å². The van der Waals surface area contributed by atoms with Crippen molar-refractivity contribution in [1.29, 1.82) is 0 Å². The second-order valence-electron chi connectivity index (χ2n) is 3.63. The van der Waals surface area contributed by atoms with E-state index in [0.717, 1.165) is 0 Å². The SMILES string of the molecule is CCN(CC(F)(F)F)C(=O)N(CC(N)=O)CC(=O)O. The van der Waals surface area contributed by atoms with Crippen molar-refractivity contribution in [2.75, 3.05) is 26.2 Å². The molecule has 0 saturated carbocycles. The first-order chi connectivity index (χ1) is 8.56. The zero-order valence-corrected chi connectivity index (χ0v) is 10.1. The standard InChI is InChI=1S/C9H14F3N3O4/c1-2-14(5-9(10,11)12)8(19)15(3-6(13)16)4-7(17)18/h2-5H2,1H3,(H2,13,16)(H,17,18). The van der Waals surface area contributed by atoms with Crippen molar-refractivity contribution >= 4 is 17.9 Å². The fourth-order valence-electron chi connectivity index (χ4n) is 1.27. The average Bonchev–Trinajstić information content (AvgIpc) is 2.21. The molecule has 0 aromatic carbocycles. The number of amides is 3. The van der Waals surface area contributed by atoms with Gasteiger partial charge in [-0.1, -0.05) is 0 Å². The van der Waals surface area contributed by atoms with Gasteiger partial charge >= 0.3 is 18.2 Å². The quantitative estimate of drug-likeness (QED) is 0.709. The zero-order chi connectivity index (χ0) is 15.2. The highest BCUT2D eigenvalue weighted by atomic mass is 19.4. The number of carboxylic acids is 1. The number of carbonyl (C=O) groups is 3. The van der Waals surface area contributed by atoms with Crippen LogP contribution in [0.5, 0.6) is 0 Å². The van der Waals surface area contributed by atoms with Gasteiger partial charge in [-0.3, -0.25) is 9.59 Å². The molecule has 110 valence electrons. The highest BCUT2D eigenvalue weighted by Gasteiger charge is 2.34. The Bertz CT molecular complexity index is 343. The van der Waals surface area contributed by atoms with E-state index in [1.807, 2.05) is 0 Å². The second-order valence-corrected chi connectivity index (χ2v) is 3.63. The predicted octanol–water partition coefficient (Wildman–Crippen LogP) is -0.137. The summed E-state index contributed by atoms with van der Waals surface area (Å²) in [6.07, 6.45) is -4.62. The van der Waals surface area contributed by atoms with Crippen LogP contribution < -0.4 is 5.73 Å². The first-order valence-electron chi connectivity index (χ1n) is 5.17. The number of aliphatic carboxylic acids is 1. The maximum absolute atomic E-state index is 12.2. The van der Waals surface area contributed by atoms with Gasteiger partial charge < -0.3 is 20.6 Å². The number of primary amides is 1. The zero-order valence-electron chi connectivity index (χ0n) is 10.1. The fourth-order valence-corrected chi connectivity index (χ4v) is 1.27. The second kappa shape index (κ2) is 6.81. The Morgan fingerprint density at radius 3 is 2.00 bits per heavy atom. The van der Waals surface area contributed by atoms with Crippen LogP contribution in [-0.4, -0.2) is 65.2 Å². The van der Waals surface area contributed by atoms with Gasteiger partial charge in [-0.05, 0) is 6.92 Å². The summed E-state index contributed by atoms with van der Waals surface area (Å²) in [4.78, 5) is 33.7. The van der Waals surface area contributed by atoms with Gasteiger partial charge in [-0.15, -0.1) is 0 Å². The van der Waals surface area contributed by atoms with E-state index in [1.54, 1.807) is 0 Å². The molecule has 7 nitrogen and oxygen atoms in total. The third-order valence-electron chi connectivity index (χ3n) is 1.97. The average molecular weight is 285 g/mol.